The Bertz CT molecular complexity index is 540. The Balaban J connectivity index is 2.04. The minimum absolute atomic E-state index is 0.195. The van der Waals surface area contributed by atoms with Crippen LogP contribution in [0.25, 0.3) is 0 Å². The van der Waals surface area contributed by atoms with Crippen LogP contribution in [-0.4, -0.2) is 19.2 Å². The number of hydrogen-bond donors (Lipinski definition) is 1. The molecule has 1 aromatic rings. The van der Waals surface area contributed by atoms with E-state index >= 15 is 0 Å². The van der Waals surface area contributed by atoms with E-state index in [-0.39, 0.29) is 5.25 Å². The molecule has 0 aliphatic heterocycles. The highest BCUT2D eigenvalue weighted by atomic mass is 32.2. The second kappa shape index (κ2) is 5.86. The Labute approximate surface area is 122 Å². The van der Waals surface area contributed by atoms with Gasteiger partial charge in [-0.15, -0.1) is 0 Å². The highest BCUT2D eigenvalue weighted by Gasteiger charge is 2.33. The first-order chi connectivity index (χ1) is 9.28. The van der Waals surface area contributed by atoms with Gasteiger partial charge in [-0.3, -0.25) is 0 Å². The molecule has 1 aliphatic carbocycles. The molecule has 2 rings (SSSR count). The van der Waals surface area contributed by atoms with E-state index in [1.54, 1.807) is 0 Å². The van der Waals surface area contributed by atoms with Gasteiger partial charge in [0.1, 0.15) is 0 Å². The van der Waals surface area contributed by atoms with Crippen molar-refractivity contribution >= 4 is 10.0 Å². The smallest absolute Gasteiger partial charge is 0.212 e. The van der Waals surface area contributed by atoms with Crippen LogP contribution in [0.4, 0.5) is 0 Å². The summed E-state index contributed by atoms with van der Waals surface area (Å²) in [5.74, 6) is 0. The maximum atomic E-state index is 12.4. The van der Waals surface area contributed by atoms with Crippen molar-refractivity contribution in [3.8, 4) is 0 Å². The lowest BCUT2D eigenvalue weighted by molar-refractivity contribution is 0.445. The fourth-order valence-electron chi connectivity index (χ4n) is 2.92. The molecule has 0 saturated heterocycles. The average molecular weight is 295 g/mol. The number of rotatable bonds is 5. The molecule has 1 saturated carbocycles. The summed E-state index contributed by atoms with van der Waals surface area (Å²) in [5.41, 5.74) is 1.93. The fraction of sp³-hybridized carbons (Fsp3) is 0.625. The Morgan fingerprint density at radius 1 is 1.15 bits per heavy atom. The van der Waals surface area contributed by atoms with Crippen molar-refractivity contribution in [3.05, 3.63) is 35.4 Å². The van der Waals surface area contributed by atoms with Crippen LogP contribution in [0.2, 0.25) is 0 Å². The molecule has 0 bridgehead atoms. The monoisotopic (exact) mass is 295 g/mol. The molecule has 0 radical (unpaired) electrons. The lowest BCUT2D eigenvalue weighted by Gasteiger charge is -2.28. The summed E-state index contributed by atoms with van der Waals surface area (Å²) in [6.07, 6.45) is 4.37. The minimum Gasteiger partial charge on any atom is -0.212 e. The Morgan fingerprint density at radius 2 is 1.70 bits per heavy atom. The zero-order chi connectivity index (χ0) is 14.8. The van der Waals surface area contributed by atoms with E-state index in [4.69, 9.17) is 0 Å². The van der Waals surface area contributed by atoms with E-state index in [0.29, 0.717) is 6.42 Å². The van der Waals surface area contributed by atoms with E-state index < -0.39 is 15.6 Å². The summed E-state index contributed by atoms with van der Waals surface area (Å²) in [6.45, 7) is 5.97. The Morgan fingerprint density at radius 3 is 2.25 bits per heavy atom. The highest BCUT2D eigenvalue weighted by molar-refractivity contribution is 7.90. The van der Waals surface area contributed by atoms with Gasteiger partial charge in [0.05, 0.1) is 5.25 Å². The summed E-state index contributed by atoms with van der Waals surface area (Å²) in [5, 5.41) is -0.195. The van der Waals surface area contributed by atoms with Crippen molar-refractivity contribution in [2.45, 2.75) is 63.7 Å². The third kappa shape index (κ3) is 4.06. The van der Waals surface area contributed by atoms with Crippen LogP contribution in [0.15, 0.2) is 24.3 Å². The molecule has 0 unspecified atom stereocenters. The molecule has 4 heteroatoms. The standard InChI is InChI=1S/C16H25NO2S/c1-13-8-10-14(11-9-13)12-16(2,3)17-20(18,19)15-6-4-5-7-15/h8-11,15,17H,4-7,12H2,1-3H3. The third-order valence-corrected chi connectivity index (χ3v) is 6.11. The van der Waals surface area contributed by atoms with Gasteiger partial charge in [0, 0.05) is 5.54 Å². The maximum absolute atomic E-state index is 12.4. The maximum Gasteiger partial charge on any atom is 0.214 e. The summed E-state index contributed by atoms with van der Waals surface area (Å²) in [4.78, 5) is 0. The van der Waals surface area contributed by atoms with Gasteiger partial charge in [0.15, 0.2) is 0 Å². The molecule has 3 nitrogen and oxygen atoms in total. The SMILES string of the molecule is Cc1ccc(CC(C)(C)NS(=O)(=O)C2CCCC2)cc1. The summed E-state index contributed by atoms with van der Waals surface area (Å²) in [7, 11) is -3.20. The molecule has 0 atom stereocenters. The van der Waals surface area contributed by atoms with Crippen molar-refractivity contribution < 1.29 is 8.42 Å². The number of benzene rings is 1. The first kappa shape index (κ1) is 15.5. The van der Waals surface area contributed by atoms with Gasteiger partial charge >= 0.3 is 0 Å². The van der Waals surface area contributed by atoms with Crippen LogP contribution in [-0.2, 0) is 16.4 Å². The topological polar surface area (TPSA) is 46.2 Å². The lowest BCUT2D eigenvalue weighted by Crippen LogP contribution is -2.48. The molecule has 0 spiro atoms. The molecule has 0 heterocycles. The van der Waals surface area contributed by atoms with Crippen LogP contribution in [0.3, 0.4) is 0 Å². The second-order valence-corrected chi connectivity index (χ2v) is 8.56. The van der Waals surface area contributed by atoms with Crippen molar-refractivity contribution in [1.29, 1.82) is 0 Å². The number of hydrogen-bond acceptors (Lipinski definition) is 2. The molecule has 1 N–H and O–H groups in total. The van der Waals surface area contributed by atoms with E-state index in [1.165, 1.54) is 5.56 Å². The number of nitrogens with one attached hydrogen (secondary N) is 1. The lowest BCUT2D eigenvalue weighted by atomic mass is 9.96. The molecule has 0 aromatic heterocycles. The molecule has 0 amide bonds. The van der Waals surface area contributed by atoms with Crippen LogP contribution in [0, 0.1) is 6.92 Å². The summed E-state index contributed by atoms with van der Waals surface area (Å²) in [6, 6.07) is 8.27. The van der Waals surface area contributed by atoms with Crippen LogP contribution in [0.1, 0.15) is 50.7 Å². The Hall–Kier alpha value is -0.870. The molecule has 112 valence electrons. The van der Waals surface area contributed by atoms with E-state index in [2.05, 4.69) is 35.9 Å². The van der Waals surface area contributed by atoms with E-state index in [1.807, 2.05) is 13.8 Å². The van der Waals surface area contributed by atoms with Gasteiger partial charge in [0.25, 0.3) is 0 Å². The molecule has 1 aliphatic rings. The van der Waals surface area contributed by atoms with Gasteiger partial charge < -0.3 is 0 Å². The Kier molecular flexibility index (Phi) is 4.55. The zero-order valence-electron chi connectivity index (χ0n) is 12.6. The normalized spacial score (nSPS) is 17.6. The van der Waals surface area contributed by atoms with Crippen molar-refractivity contribution in [3.63, 3.8) is 0 Å². The van der Waals surface area contributed by atoms with Gasteiger partial charge in [0.2, 0.25) is 10.0 Å². The fourth-order valence-corrected chi connectivity index (χ4v) is 4.88. The molecular formula is C16H25NO2S. The quantitative estimate of drug-likeness (QED) is 0.907. The van der Waals surface area contributed by atoms with Gasteiger partial charge in [-0.05, 0) is 45.6 Å². The molecule has 20 heavy (non-hydrogen) atoms. The van der Waals surface area contributed by atoms with Crippen molar-refractivity contribution in [2.75, 3.05) is 0 Å². The first-order valence-electron chi connectivity index (χ1n) is 7.37. The predicted octanol–water partition coefficient (Wildman–Crippen LogP) is 3.18. The average Bonchev–Trinajstić information content (AvgIpc) is 2.84. The van der Waals surface area contributed by atoms with E-state index in [9.17, 15) is 8.42 Å². The van der Waals surface area contributed by atoms with Crippen molar-refractivity contribution in [1.82, 2.24) is 4.72 Å². The minimum atomic E-state index is -3.20. The largest absolute Gasteiger partial charge is 0.214 e. The van der Waals surface area contributed by atoms with Crippen LogP contribution in [0.5, 0.6) is 0 Å². The number of sulfonamides is 1. The van der Waals surface area contributed by atoms with Crippen LogP contribution < -0.4 is 4.72 Å². The van der Waals surface area contributed by atoms with E-state index in [0.717, 1.165) is 31.2 Å². The van der Waals surface area contributed by atoms with Crippen LogP contribution >= 0.6 is 0 Å². The predicted molar refractivity (Wildman–Crippen MR) is 83.3 cm³/mol. The summed E-state index contributed by atoms with van der Waals surface area (Å²) < 4.78 is 27.7. The first-order valence-corrected chi connectivity index (χ1v) is 8.91. The second-order valence-electron chi connectivity index (χ2n) is 6.60. The molecular weight excluding hydrogens is 270 g/mol. The zero-order valence-corrected chi connectivity index (χ0v) is 13.5. The number of aryl methyl sites for hydroxylation is 1. The molecule has 1 fully saturated rings. The van der Waals surface area contributed by atoms with Gasteiger partial charge in [-0.1, -0.05) is 42.7 Å². The van der Waals surface area contributed by atoms with Crippen molar-refractivity contribution in [2.24, 2.45) is 0 Å². The molecule has 1 aromatic carbocycles. The third-order valence-electron chi connectivity index (χ3n) is 3.93. The summed E-state index contributed by atoms with van der Waals surface area (Å²) >= 11 is 0. The van der Waals surface area contributed by atoms with Gasteiger partial charge in [-0.25, -0.2) is 13.1 Å². The van der Waals surface area contributed by atoms with Gasteiger partial charge in [-0.2, -0.15) is 0 Å². The highest BCUT2D eigenvalue weighted by Crippen LogP contribution is 2.26.